The molecule has 0 aliphatic rings. The summed E-state index contributed by atoms with van der Waals surface area (Å²) in [6.07, 6.45) is 1.80. The van der Waals surface area contributed by atoms with Crippen LogP contribution < -0.4 is 10.6 Å². The summed E-state index contributed by atoms with van der Waals surface area (Å²) in [6.45, 7) is 2.92. The monoisotopic (exact) mass is 270 g/mol. The molecule has 0 aliphatic carbocycles. The maximum atomic E-state index is 4.28. The maximum absolute atomic E-state index is 4.28. The van der Waals surface area contributed by atoms with E-state index in [0.29, 0.717) is 0 Å². The molecule has 3 aromatic rings. The summed E-state index contributed by atoms with van der Waals surface area (Å²) in [5.41, 5.74) is 4.99. The van der Waals surface area contributed by atoms with Crippen LogP contribution in [-0.2, 0) is 0 Å². The Bertz CT molecular complexity index is 692. The molecule has 0 aliphatic heterocycles. The Morgan fingerprint density at radius 3 is 2.89 bits per heavy atom. The first-order chi connectivity index (χ1) is 9.35. The number of nitrogens with zero attached hydrogens (tertiary/aromatic N) is 2. The third-order valence-corrected chi connectivity index (χ3v) is 3.53. The van der Waals surface area contributed by atoms with E-state index < -0.39 is 0 Å². The van der Waals surface area contributed by atoms with Gasteiger partial charge in [-0.1, -0.05) is 0 Å². The van der Waals surface area contributed by atoms with Crippen LogP contribution in [0, 0.1) is 0 Å². The molecule has 4 nitrogen and oxygen atoms in total. The third-order valence-electron chi connectivity index (χ3n) is 2.74. The molecule has 1 aromatic carbocycles. The van der Waals surface area contributed by atoms with Crippen LogP contribution in [0.2, 0.25) is 0 Å². The van der Waals surface area contributed by atoms with Crippen molar-refractivity contribution in [2.45, 2.75) is 6.92 Å². The van der Waals surface area contributed by atoms with Crippen molar-refractivity contribution in [1.82, 2.24) is 9.97 Å². The summed E-state index contributed by atoms with van der Waals surface area (Å²) in [7, 11) is 0. The van der Waals surface area contributed by atoms with Gasteiger partial charge in [0, 0.05) is 30.2 Å². The van der Waals surface area contributed by atoms with Crippen molar-refractivity contribution >= 4 is 38.7 Å². The SMILES string of the molecule is CCNc1cc(Nc2ccc3ncsc3c2)ccn1. The number of pyridine rings is 1. The second-order valence-corrected chi connectivity index (χ2v) is 5.01. The molecule has 0 radical (unpaired) electrons. The van der Waals surface area contributed by atoms with Crippen LogP contribution in [0.5, 0.6) is 0 Å². The maximum Gasteiger partial charge on any atom is 0.127 e. The molecule has 0 saturated heterocycles. The Morgan fingerprint density at radius 2 is 2.00 bits per heavy atom. The van der Waals surface area contributed by atoms with Gasteiger partial charge in [0.05, 0.1) is 15.7 Å². The molecule has 0 fully saturated rings. The van der Waals surface area contributed by atoms with E-state index in [-0.39, 0.29) is 0 Å². The predicted molar refractivity (Wildman–Crippen MR) is 81.3 cm³/mol. The molecule has 5 heteroatoms. The predicted octanol–water partition coefficient (Wildman–Crippen LogP) is 3.87. The molecular formula is C14H14N4S. The number of nitrogens with one attached hydrogen (secondary N) is 2. The van der Waals surface area contributed by atoms with E-state index in [1.165, 1.54) is 4.70 Å². The van der Waals surface area contributed by atoms with Crippen LogP contribution in [0.3, 0.4) is 0 Å². The standard InChI is InChI=1S/C14H14N4S/c1-2-15-14-8-11(5-6-16-14)18-10-3-4-12-13(7-10)19-9-17-12/h3-9H,2H2,1H3,(H2,15,16,18). The lowest BCUT2D eigenvalue weighted by Crippen LogP contribution is -1.99. The molecule has 2 N–H and O–H groups in total. The van der Waals surface area contributed by atoms with Gasteiger partial charge >= 0.3 is 0 Å². The fourth-order valence-electron chi connectivity index (χ4n) is 1.89. The second-order valence-electron chi connectivity index (χ2n) is 4.12. The van der Waals surface area contributed by atoms with E-state index >= 15 is 0 Å². The van der Waals surface area contributed by atoms with E-state index in [1.54, 1.807) is 17.5 Å². The van der Waals surface area contributed by atoms with Crippen molar-refractivity contribution in [2.75, 3.05) is 17.2 Å². The van der Waals surface area contributed by atoms with Gasteiger partial charge in [-0.25, -0.2) is 9.97 Å². The molecule has 2 aromatic heterocycles. The first-order valence-electron chi connectivity index (χ1n) is 6.15. The largest absolute Gasteiger partial charge is 0.370 e. The van der Waals surface area contributed by atoms with E-state index in [0.717, 1.165) is 29.3 Å². The molecule has 0 atom stereocenters. The van der Waals surface area contributed by atoms with Crippen molar-refractivity contribution in [2.24, 2.45) is 0 Å². The third kappa shape index (κ3) is 2.66. The highest BCUT2D eigenvalue weighted by atomic mass is 32.1. The first-order valence-corrected chi connectivity index (χ1v) is 7.03. The van der Waals surface area contributed by atoms with Crippen LogP contribution in [0.25, 0.3) is 10.2 Å². The highest BCUT2D eigenvalue weighted by molar-refractivity contribution is 7.16. The molecule has 96 valence electrons. The summed E-state index contributed by atoms with van der Waals surface area (Å²) in [5, 5.41) is 6.58. The molecule has 0 spiro atoms. The number of fused-ring (bicyclic) bond motifs is 1. The zero-order valence-electron chi connectivity index (χ0n) is 10.6. The van der Waals surface area contributed by atoms with Gasteiger partial charge in [-0.2, -0.15) is 0 Å². The van der Waals surface area contributed by atoms with Gasteiger partial charge in [-0.15, -0.1) is 11.3 Å². The fourth-order valence-corrected chi connectivity index (χ4v) is 2.60. The highest BCUT2D eigenvalue weighted by Gasteiger charge is 2.00. The van der Waals surface area contributed by atoms with Crippen molar-refractivity contribution < 1.29 is 0 Å². The van der Waals surface area contributed by atoms with Gasteiger partial charge in [-0.3, -0.25) is 0 Å². The van der Waals surface area contributed by atoms with Crippen LogP contribution in [0.1, 0.15) is 6.92 Å². The Labute approximate surface area is 115 Å². The summed E-state index contributed by atoms with van der Waals surface area (Å²) in [6, 6.07) is 10.1. The lowest BCUT2D eigenvalue weighted by atomic mass is 10.3. The van der Waals surface area contributed by atoms with E-state index in [2.05, 4.69) is 33.6 Å². The van der Waals surface area contributed by atoms with Gasteiger partial charge < -0.3 is 10.6 Å². The summed E-state index contributed by atoms with van der Waals surface area (Å²) >= 11 is 1.65. The quantitative estimate of drug-likeness (QED) is 0.755. The second kappa shape index (κ2) is 5.24. The molecule has 19 heavy (non-hydrogen) atoms. The minimum Gasteiger partial charge on any atom is -0.370 e. The molecular weight excluding hydrogens is 256 g/mol. The van der Waals surface area contributed by atoms with Crippen molar-refractivity contribution in [3.05, 3.63) is 42.0 Å². The molecule has 2 heterocycles. The molecule has 0 amide bonds. The van der Waals surface area contributed by atoms with Gasteiger partial charge in [0.25, 0.3) is 0 Å². The van der Waals surface area contributed by atoms with E-state index in [9.17, 15) is 0 Å². The zero-order valence-corrected chi connectivity index (χ0v) is 11.4. The Balaban J connectivity index is 1.85. The molecule has 0 bridgehead atoms. The Kier molecular flexibility index (Phi) is 3.29. The molecule has 0 unspecified atom stereocenters. The van der Waals surface area contributed by atoms with Gasteiger partial charge in [-0.05, 0) is 31.2 Å². The normalized spacial score (nSPS) is 10.6. The van der Waals surface area contributed by atoms with Crippen LogP contribution in [-0.4, -0.2) is 16.5 Å². The fraction of sp³-hybridized carbons (Fsp3) is 0.143. The topological polar surface area (TPSA) is 49.8 Å². The van der Waals surface area contributed by atoms with Crippen LogP contribution in [0.15, 0.2) is 42.0 Å². The lowest BCUT2D eigenvalue weighted by Gasteiger charge is -2.08. The number of aromatic nitrogens is 2. The molecule has 0 saturated carbocycles. The number of thiazole rings is 1. The number of hydrogen-bond donors (Lipinski definition) is 2. The average molecular weight is 270 g/mol. The van der Waals surface area contributed by atoms with Gasteiger partial charge in [0.2, 0.25) is 0 Å². The van der Waals surface area contributed by atoms with E-state index in [1.807, 2.05) is 29.8 Å². The van der Waals surface area contributed by atoms with Crippen LogP contribution >= 0.6 is 11.3 Å². The number of benzene rings is 1. The minimum absolute atomic E-state index is 0.864. The van der Waals surface area contributed by atoms with Crippen molar-refractivity contribution in [3.63, 3.8) is 0 Å². The first kappa shape index (κ1) is 11.9. The Hall–Kier alpha value is -2.14. The summed E-state index contributed by atoms with van der Waals surface area (Å²) in [5.74, 6) is 0.881. The molecule has 3 rings (SSSR count). The zero-order chi connectivity index (χ0) is 13.1. The lowest BCUT2D eigenvalue weighted by molar-refractivity contribution is 1.16. The van der Waals surface area contributed by atoms with Crippen molar-refractivity contribution in [1.29, 1.82) is 0 Å². The summed E-state index contributed by atoms with van der Waals surface area (Å²) in [4.78, 5) is 8.53. The van der Waals surface area contributed by atoms with Crippen LogP contribution in [0.4, 0.5) is 17.2 Å². The smallest absolute Gasteiger partial charge is 0.127 e. The van der Waals surface area contributed by atoms with E-state index in [4.69, 9.17) is 0 Å². The Morgan fingerprint density at radius 1 is 1.11 bits per heavy atom. The number of hydrogen-bond acceptors (Lipinski definition) is 5. The van der Waals surface area contributed by atoms with Gasteiger partial charge in [0.1, 0.15) is 5.82 Å². The highest BCUT2D eigenvalue weighted by Crippen LogP contribution is 2.24. The van der Waals surface area contributed by atoms with Crippen molar-refractivity contribution in [3.8, 4) is 0 Å². The van der Waals surface area contributed by atoms with Gasteiger partial charge in [0.15, 0.2) is 0 Å². The summed E-state index contributed by atoms with van der Waals surface area (Å²) < 4.78 is 1.19. The number of anilines is 3. The number of rotatable bonds is 4. The average Bonchev–Trinajstić information content (AvgIpc) is 2.87. The minimum atomic E-state index is 0.864.